The average molecular weight is 356 g/mol. The van der Waals surface area contributed by atoms with E-state index in [4.69, 9.17) is 16.3 Å². The third-order valence-corrected chi connectivity index (χ3v) is 4.52. The lowest BCUT2D eigenvalue weighted by molar-refractivity contribution is -0.128. The molecule has 1 saturated heterocycles. The Morgan fingerprint density at radius 1 is 1.16 bits per heavy atom. The predicted molar refractivity (Wildman–Crippen MR) is 101 cm³/mol. The zero-order valence-corrected chi connectivity index (χ0v) is 14.9. The van der Waals surface area contributed by atoms with Gasteiger partial charge in [0, 0.05) is 30.8 Å². The van der Waals surface area contributed by atoms with Gasteiger partial charge in [-0.05, 0) is 42.2 Å². The van der Waals surface area contributed by atoms with E-state index in [1.807, 2.05) is 65.6 Å². The Morgan fingerprint density at radius 2 is 1.92 bits per heavy atom. The highest BCUT2D eigenvalue weighted by atomic mass is 35.5. The van der Waals surface area contributed by atoms with Crippen LogP contribution in [0.25, 0.3) is 6.08 Å². The molecule has 1 fully saturated rings. The number of ether oxygens (including phenoxy) is 1. The van der Waals surface area contributed by atoms with Gasteiger partial charge in [-0.1, -0.05) is 54.1 Å². The fraction of sp³-hybridized carbons (Fsp3) is 0.286. The van der Waals surface area contributed by atoms with Gasteiger partial charge in [0.25, 0.3) is 0 Å². The topological polar surface area (TPSA) is 29.5 Å². The molecule has 3 rings (SSSR count). The van der Waals surface area contributed by atoms with Crippen LogP contribution in [0.15, 0.2) is 60.7 Å². The lowest BCUT2D eigenvalue weighted by Gasteiger charge is -2.24. The Labute approximate surface area is 153 Å². The maximum absolute atomic E-state index is 12.7. The van der Waals surface area contributed by atoms with E-state index in [1.54, 1.807) is 6.08 Å². The molecular formula is C21H22ClNO2. The Kier molecular flexibility index (Phi) is 6.26. The van der Waals surface area contributed by atoms with Crippen molar-refractivity contribution in [3.05, 3.63) is 76.8 Å². The summed E-state index contributed by atoms with van der Waals surface area (Å²) >= 11 is 5.95. The van der Waals surface area contributed by atoms with Gasteiger partial charge in [-0.25, -0.2) is 0 Å². The van der Waals surface area contributed by atoms with Crippen molar-refractivity contribution in [1.29, 1.82) is 0 Å². The molecule has 4 heteroatoms. The summed E-state index contributed by atoms with van der Waals surface area (Å²) in [5.74, 6) is -0.00527. The number of amides is 1. The number of rotatable bonds is 6. The first kappa shape index (κ1) is 17.7. The van der Waals surface area contributed by atoms with E-state index >= 15 is 0 Å². The second-order valence-electron chi connectivity index (χ2n) is 6.22. The number of hydrogen-bond donors (Lipinski definition) is 0. The smallest absolute Gasteiger partial charge is 0.246 e. The lowest BCUT2D eigenvalue weighted by atomic mass is 10.1. The Balaban J connectivity index is 1.71. The van der Waals surface area contributed by atoms with Crippen molar-refractivity contribution in [3.8, 4) is 0 Å². The number of halogens is 1. The summed E-state index contributed by atoms with van der Waals surface area (Å²) in [5, 5.41) is 0.699. The molecule has 1 aliphatic heterocycles. The first-order chi connectivity index (χ1) is 12.2. The molecule has 130 valence electrons. The molecule has 0 bridgehead atoms. The first-order valence-electron chi connectivity index (χ1n) is 8.59. The SMILES string of the molecule is O=C(/C=C/c1ccccc1)N(Cc1ccc(Cl)cc1)C[C@@H]1CCCO1. The van der Waals surface area contributed by atoms with E-state index in [2.05, 4.69) is 0 Å². The lowest BCUT2D eigenvalue weighted by Crippen LogP contribution is -2.35. The number of hydrogen-bond acceptors (Lipinski definition) is 2. The second kappa shape index (κ2) is 8.84. The highest BCUT2D eigenvalue weighted by Crippen LogP contribution is 2.17. The molecule has 0 unspecified atom stereocenters. The van der Waals surface area contributed by atoms with Crippen LogP contribution in [0.3, 0.4) is 0 Å². The molecule has 0 spiro atoms. The predicted octanol–water partition coefficient (Wildman–Crippen LogP) is 4.56. The van der Waals surface area contributed by atoms with Gasteiger partial charge < -0.3 is 9.64 Å². The number of nitrogens with zero attached hydrogens (tertiary/aromatic N) is 1. The summed E-state index contributed by atoms with van der Waals surface area (Å²) in [5.41, 5.74) is 2.07. The maximum Gasteiger partial charge on any atom is 0.246 e. The molecule has 0 saturated carbocycles. The monoisotopic (exact) mass is 355 g/mol. The van der Waals surface area contributed by atoms with Crippen LogP contribution in [0.2, 0.25) is 5.02 Å². The number of benzene rings is 2. The minimum Gasteiger partial charge on any atom is -0.376 e. The van der Waals surface area contributed by atoms with Crippen LogP contribution in [-0.4, -0.2) is 30.1 Å². The molecule has 1 amide bonds. The van der Waals surface area contributed by atoms with Gasteiger partial charge in [0.2, 0.25) is 5.91 Å². The van der Waals surface area contributed by atoms with Crippen LogP contribution >= 0.6 is 11.6 Å². The Hall–Kier alpha value is -2.10. The van der Waals surface area contributed by atoms with Crippen LogP contribution in [0.5, 0.6) is 0 Å². The fourth-order valence-corrected chi connectivity index (χ4v) is 3.04. The average Bonchev–Trinajstić information content (AvgIpc) is 3.15. The molecule has 0 radical (unpaired) electrons. The minimum atomic E-state index is -0.00527. The second-order valence-corrected chi connectivity index (χ2v) is 6.66. The highest BCUT2D eigenvalue weighted by molar-refractivity contribution is 6.30. The van der Waals surface area contributed by atoms with E-state index < -0.39 is 0 Å². The molecule has 1 aliphatic rings. The van der Waals surface area contributed by atoms with Crippen LogP contribution in [-0.2, 0) is 16.1 Å². The summed E-state index contributed by atoms with van der Waals surface area (Å²) in [6.07, 6.45) is 5.69. The van der Waals surface area contributed by atoms with E-state index in [0.717, 1.165) is 30.6 Å². The van der Waals surface area contributed by atoms with Crippen molar-refractivity contribution in [2.75, 3.05) is 13.2 Å². The molecule has 0 aromatic heterocycles. The fourth-order valence-electron chi connectivity index (χ4n) is 2.91. The summed E-state index contributed by atoms with van der Waals surface area (Å²) in [7, 11) is 0. The largest absolute Gasteiger partial charge is 0.376 e. The number of carbonyl (C=O) groups excluding carboxylic acids is 1. The molecule has 1 heterocycles. The first-order valence-corrected chi connectivity index (χ1v) is 8.96. The van der Waals surface area contributed by atoms with Gasteiger partial charge in [0.1, 0.15) is 0 Å². The van der Waals surface area contributed by atoms with Gasteiger partial charge in [0.15, 0.2) is 0 Å². The van der Waals surface area contributed by atoms with Crippen molar-refractivity contribution >= 4 is 23.6 Å². The van der Waals surface area contributed by atoms with Crippen LogP contribution in [0.1, 0.15) is 24.0 Å². The van der Waals surface area contributed by atoms with Crippen molar-refractivity contribution < 1.29 is 9.53 Å². The van der Waals surface area contributed by atoms with E-state index in [-0.39, 0.29) is 12.0 Å². The van der Waals surface area contributed by atoms with Gasteiger partial charge in [0.05, 0.1) is 6.10 Å². The van der Waals surface area contributed by atoms with Crippen LogP contribution < -0.4 is 0 Å². The van der Waals surface area contributed by atoms with Crippen LogP contribution in [0, 0.1) is 0 Å². The molecule has 2 aromatic carbocycles. The molecule has 0 N–H and O–H groups in total. The van der Waals surface area contributed by atoms with Crippen LogP contribution in [0.4, 0.5) is 0 Å². The normalized spacial score (nSPS) is 17.1. The molecule has 1 atom stereocenters. The third kappa shape index (κ3) is 5.45. The summed E-state index contributed by atoms with van der Waals surface area (Å²) in [6, 6.07) is 17.5. The van der Waals surface area contributed by atoms with E-state index in [1.165, 1.54) is 0 Å². The molecule has 25 heavy (non-hydrogen) atoms. The van der Waals surface area contributed by atoms with Crippen molar-refractivity contribution in [2.45, 2.75) is 25.5 Å². The van der Waals surface area contributed by atoms with Gasteiger partial charge in [-0.3, -0.25) is 4.79 Å². The molecule has 0 aliphatic carbocycles. The standard InChI is InChI=1S/C21H22ClNO2/c22-19-11-8-18(9-12-19)15-23(16-20-7-4-14-25-20)21(24)13-10-17-5-2-1-3-6-17/h1-3,5-6,8-13,20H,4,7,14-16H2/b13-10+/t20-/m0/s1. The van der Waals surface area contributed by atoms with Crippen molar-refractivity contribution in [3.63, 3.8) is 0 Å². The van der Waals surface area contributed by atoms with E-state index in [0.29, 0.717) is 18.1 Å². The minimum absolute atomic E-state index is 0.00527. The summed E-state index contributed by atoms with van der Waals surface area (Å²) < 4.78 is 5.71. The zero-order chi connectivity index (χ0) is 17.5. The Bertz CT molecular complexity index is 706. The summed E-state index contributed by atoms with van der Waals surface area (Å²) in [6.45, 7) is 1.95. The highest BCUT2D eigenvalue weighted by Gasteiger charge is 2.21. The van der Waals surface area contributed by atoms with E-state index in [9.17, 15) is 4.79 Å². The van der Waals surface area contributed by atoms with Crippen molar-refractivity contribution in [1.82, 2.24) is 4.90 Å². The molecular weight excluding hydrogens is 334 g/mol. The molecule has 2 aromatic rings. The number of carbonyl (C=O) groups is 1. The van der Waals surface area contributed by atoms with Gasteiger partial charge in [-0.2, -0.15) is 0 Å². The Morgan fingerprint density at radius 3 is 2.60 bits per heavy atom. The quantitative estimate of drug-likeness (QED) is 0.711. The maximum atomic E-state index is 12.7. The van der Waals surface area contributed by atoms with Gasteiger partial charge in [-0.15, -0.1) is 0 Å². The third-order valence-electron chi connectivity index (χ3n) is 4.26. The van der Waals surface area contributed by atoms with Crippen molar-refractivity contribution in [2.24, 2.45) is 0 Å². The zero-order valence-electron chi connectivity index (χ0n) is 14.1. The van der Waals surface area contributed by atoms with Gasteiger partial charge >= 0.3 is 0 Å². The molecule has 3 nitrogen and oxygen atoms in total. The summed E-state index contributed by atoms with van der Waals surface area (Å²) in [4.78, 5) is 14.6.